The van der Waals surface area contributed by atoms with Gasteiger partial charge in [0.25, 0.3) is 0 Å². The van der Waals surface area contributed by atoms with Crippen LogP contribution in [0, 0.1) is 17.8 Å². The standard InChI is InChI=1S/C80H156O17P2/c1-8-9-10-11-12-13-24-33-40-47-54-61-77(82)90-68-76(97-80(85)64-57-50-43-36-29-32-39-46-53-60-73(6)7)70-95-99(88,89)93-66-74(81)65-92-98(86,87)94-69-75(96-79(84)63-56-49-42-35-28-23-19-15-17-21-26-31-38-45-52-59-72(4)5)67-91-78(83)62-55-48-41-34-27-22-18-14-16-20-25-30-37-44-51-58-71(2)3/h71-76,81H,8-70H2,1-7H3,(H,86,87)(H,88,89)/t74-,75-,76-/m1/s1. The quantitative estimate of drug-likeness (QED) is 0.0222. The molecule has 5 atom stereocenters. The van der Waals surface area contributed by atoms with Gasteiger partial charge in [0.15, 0.2) is 12.2 Å². The summed E-state index contributed by atoms with van der Waals surface area (Å²) in [5, 5.41) is 10.6. The zero-order chi connectivity index (χ0) is 73.0. The summed E-state index contributed by atoms with van der Waals surface area (Å²) in [6.45, 7) is 12.0. The molecule has 17 nitrogen and oxygen atoms in total. The third-order valence-corrected chi connectivity index (χ3v) is 20.5. The van der Waals surface area contributed by atoms with Crippen LogP contribution in [0.2, 0.25) is 0 Å². The highest BCUT2D eigenvalue weighted by Gasteiger charge is 2.30. The highest BCUT2D eigenvalue weighted by Crippen LogP contribution is 2.45. The average Bonchev–Trinajstić information content (AvgIpc) is 1.05. The molecular formula is C80H156O17P2. The van der Waals surface area contributed by atoms with Crippen LogP contribution in [0.3, 0.4) is 0 Å². The van der Waals surface area contributed by atoms with Gasteiger partial charge in [-0.05, 0) is 43.4 Å². The molecule has 0 aliphatic rings. The van der Waals surface area contributed by atoms with Crippen LogP contribution in [0.4, 0.5) is 0 Å². The summed E-state index contributed by atoms with van der Waals surface area (Å²) in [5.74, 6) is 0.234. The molecule has 2 unspecified atom stereocenters. The molecule has 0 aromatic carbocycles. The van der Waals surface area contributed by atoms with Crippen molar-refractivity contribution >= 4 is 39.5 Å². The van der Waals surface area contributed by atoms with Gasteiger partial charge in [0.05, 0.1) is 26.4 Å². The molecule has 0 spiro atoms. The second-order valence-electron chi connectivity index (χ2n) is 30.2. The Labute approximate surface area is 607 Å². The van der Waals surface area contributed by atoms with Gasteiger partial charge in [0, 0.05) is 25.7 Å². The van der Waals surface area contributed by atoms with Crippen molar-refractivity contribution in [2.24, 2.45) is 17.8 Å². The van der Waals surface area contributed by atoms with Gasteiger partial charge >= 0.3 is 39.5 Å². The number of aliphatic hydroxyl groups is 1. The van der Waals surface area contributed by atoms with E-state index in [2.05, 4.69) is 48.5 Å². The van der Waals surface area contributed by atoms with Crippen molar-refractivity contribution in [3.05, 3.63) is 0 Å². The van der Waals surface area contributed by atoms with Crippen molar-refractivity contribution in [2.75, 3.05) is 39.6 Å². The maximum absolute atomic E-state index is 13.1. The van der Waals surface area contributed by atoms with E-state index in [-0.39, 0.29) is 25.7 Å². The molecule has 99 heavy (non-hydrogen) atoms. The van der Waals surface area contributed by atoms with E-state index in [9.17, 15) is 43.2 Å². The lowest BCUT2D eigenvalue weighted by molar-refractivity contribution is -0.161. The van der Waals surface area contributed by atoms with Gasteiger partial charge < -0.3 is 33.8 Å². The van der Waals surface area contributed by atoms with Gasteiger partial charge in [0.1, 0.15) is 19.3 Å². The van der Waals surface area contributed by atoms with Crippen molar-refractivity contribution in [3.8, 4) is 0 Å². The van der Waals surface area contributed by atoms with E-state index in [0.717, 1.165) is 108 Å². The van der Waals surface area contributed by atoms with Crippen LogP contribution in [-0.2, 0) is 65.4 Å². The summed E-state index contributed by atoms with van der Waals surface area (Å²) in [5.41, 5.74) is 0. The number of esters is 4. The molecule has 0 saturated heterocycles. The number of aliphatic hydroxyl groups excluding tert-OH is 1. The van der Waals surface area contributed by atoms with Gasteiger partial charge in [-0.3, -0.25) is 37.3 Å². The fourth-order valence-electron chi connectivity index (χ4n) is 12.3. The molecule has 0 rings (SSSR count). The number of hydrogen-bond donors (Lipinski definition) is 3. The molecule has 0 heterocycles. The minimum atomic E-state index is -4.96. The van der Waals surface area contributed by atoms with E-state index >= 15 is 0 Å². The second-order valence-corrected chi connectivity index (χ2v) is 33.1. The summed E-state index contributed by atoms with van der Waals surface area (Å²) < 4.78 is 68.7. The van der Waals surface area contributed by atoms with Crippen molar-refractivity contribution in [1.82, 2.24) is 0 Å². The first kappa shape index (κ1) is 97.1. The first-order valence-electron chi connectivity index (χ1n) is 41.3. The Morgan fingerprint density at radius 3 is 0.687 bits per heavy atom. The average molecular weight is 1450 g/mol. The highest BCUT2D eigenvalue weighted by atomic mass is 31.2. The minimum Gasteiger partial charge on any atom is -0.462 e. The lowest BCUT2D eigenvalue weighted by Crippen LogP contribution is -2.30. The summed E-state index contributed by atoms with van der Waals surface area (Å²) in [6, 6.07) is 0. The zero-order valence-electron chi connectivity index (χ0n) is 65.0. The Morgan fingerprint density at radius 1 is 0.273 bits per heavy atom. The highest BCUT2D eigenvalue weighted by molar-refractivity contribution is 7.47. The third kappa shape index (κ3) is 74.1. The Hall–Kier alpha value is -1.94. The predicted molar refractivity (Wildman–Crippen MR) is 405 cm³/mol. The van der Waals surface area contributed by atoms with Gasteiger partial charge in [-0.2, -0.15) is 0 Å². The van der Waals surface area contributed by atoms with Gasteiger partial charge in [-0.25, -0.2) is 9.13 Å². The van der Waals surface area contributed by atoms with Crippen LogP contribution in [-0.4, -0.2) is 96.7 Å². The zero-order valence-corrected chi connectivity index (χ0v) is 66.8. The summed E-state index contributed by atoms with van der Waals surface area (Å²) >= 11 is 0. The van der Waals surface area contributed by atoms with Crippen LogP contribution < -0.4 is 0 Å². The topological polar surface area (TPSA) is 237 Å². The molecule has 588 valence electrons. The maximum Gasteiger partial charge on any atom is 0.472 e. The fourth-order valence-corrected chi connectivity index (χ4v) is 13.9. The van der Waals surface area contributed by atoms with Crippen LogP contribution in [0.5, 0.6) is 0 Å². The summed E-state index contributed by atoms with van der Waals surface area (Å²) in [7, 11) is -9.92. The van der Waals surface area contributed by atoms with Gasteiger partial charge in [-0.15, -0.1) is 0 Å². The van der Waals surface area contributed by atoms with E-state index in [1.807, 2.05) is 0 Å². The fraction of sp³-hybridized carbons (Fsp3) is 0.950. The second kappa shape index (κ2) is 70.4. The summed E-state index contributed by atoms with van der Waals surface area (Å²) in [4.78, 5) is 73.0. The molecule has 0 fully saturated rings. The lowest BCUT2D eigenvalue weighted by Gasteiger charge is -2.21. The monoisotopic (exact) mass is 1450 g/mol. The molecule has 0 aromatic heterocycles. The maximum atomic E-state index is 13.1. The Balaban J connectivity index is 5.24. The lowest BCUT2D eigenvalue weighted by atomic mass is 10.0. The Kier molecular flexibility index (Phi) is 69.0. The predicted octanol–water partition coefficient (Wildman–Crippen LogP) is 23.7. The number of carbonyl (C=O) groups is 4. The van der Waals surface area contributed by atoms with Crippen LogP contribution in [0.1, 0.15) is 414 Å². The van der Waals surface area contributed by atoms with Crippen LogP contribution in [0.25, 0.3) is 0 Å². The molecule has 0 aliphatic carbocycles. The molecule has 0 bridgehead atoms. The van der Waals surface area contributed by atoms with E-state index in [1.165, 1.54) is 225 Å². The van der Waals surface area contributed by atoms with Gasteiger partial charge in [-0.1, -0.05) is 363 Å². The van der Waals surface area contributed by atoms with Crippen molar-refractivity contribution in [3.63, 3.8) is 0 Å². The smallest absolute Gasteiger partial charge is 0.462 e. The molecular weight excluding hydrogens is 1290 g/mol. The van der Waals surface area contributed by atoms with E-state index in [1.54, 1.807) is 0 Å². The van der Waals surface area contributed by atoms with Crippen molar-refractivity contribution in [2.45, 2.75) is 433 Å². The van der Waals surface area contributed by atoms with Crippen molar-refractivity contribution < 1.29 is 80.2 Å². The molecule has 0 aliphatic heterocycles. The van der Waals surface area contributed by atoms with E-state index < -0.39 is 97.5 Å². The number of hydrogen-bond acceptors (Lipinski definition) is 15. The number of carbonyl (C=O) groups excluding carboxylic acids is 4. The first-order valence-corrected chi connectivity index (χ1v) is 44.3. The molecule has 19 heteroatoms. The number of rotatable bonds is 78. The van der Waals surface area contributed by atoms with Crippen molar-refractivity contribution in [1.29, 1.82) is 0 Å². The van der Waals surface area contributed by atoms with Crippen LogP contribution >= 0.6 is 15.6 Å². The molecule has 0 amide bonds. The SMILES string of the molecule is CCCCCCCCCCCCCC(=O)OC[C@H](COP(=O)(O)OC[C@H](O)COP(=O)(O)OC[C@@H](COC(=O)CCCCCCCCCCCCCCCCCC(C)C)OC(=O)CCCCCCCCCCCCCCCCCC(C)C)OC(=O)CCCCCCCCCCCC(C)C. The van der Waals surface area contributed by atoms with Crippen LogP contribution in [0.15, 0.2) is 0 Å². The number of unbranched alkanes of at least 4 members (excludes halogenated alkanes) is 46. The first-order chi connectivity index (χ1) is 47.7. The normalized spacial score (nSPS) is 14.0. The molecule has 0 radical (unpaired) electrons. The number of ether oxygens (including phenoxy) is 4. The Morgan fingerprint density at radius 2 is 0.465 bits per heavy atom. The molecule has 3 N–H and O–H groups in total. The van der Waals surface area contributed by atoms with E-state index in [4.69, 9.17) is 37.0 Å². The number of phosphoric acid groups is 2. The van der Waals surface area contributed by atoms with Gasteiger partial charge in [0.2, 0.25) is 0 Å². The summed E-state index contributed by atoms with van der Waals surface area (Å²) in [6.07, 6.45) is 58.2. The number of phosphoric ester groups is 2. The molecule has 0 saturated carbocycles. The van der Waals surface area contributed by atoms with E-state index in [0.29, 0.717) is 25.7 Å². The third-order valence-electron chi connectivity index (χ3n) is 18.6. The largest absolute Gasteiger partial charge is 0.472 e. The minimum absolute atomic E-state index is 0.106. The molecule has 0 aromatic rings. The Bertz CT molecular complexity index is 1920.